The quantitative estimate of drug-likeness (QED) is 0.439. The summed E-state index contributed by atoms with van der Waals surface area (Å²) in [7, 11) is 0. The van der Waals surface area contributed by atoms with Crippen LogP contribution in [0.15, 0.2) is 24.3 Å². The second-order valence-corrected chi connectivity index (χ2v) is 4.66. The molecule has 1 aromatic rings. The Morgan fingerprint density at radius 3 is 2.84 bits per heavy atom. The van der Waals surface area contributed by atoms with Crippen LogP contribution in [0, 0.1) is 16.0 Å². The Hall–Kier alpha value is -1.62. The van der Waals surface area contributed by atoms with Gasteiger partial charge < -0.3 is 4.74 Å². The van der Waals surface area contributed by atoms with Gasteiger partial charge in [-0.3, -0.25) is 14.9 Å². The molecule has 0 N–H and O–H groups in total. The van der Waals surface area contributed by atoms with Gasteiger partial charge in [-0.2, -0.15) is 0 Å². The van der Waals surface area contributed by atoms with Crippen LogP contribution in [-0.4, -0.2) is 24.0 Å². The Balaban J connectivity index is 2.68. The summed E-state index contributed by atoms with van der Waals surface area (Å²) < 4.78 is 4.83. The maximum Gasteiger partial charge on any atom is 0.306 e. The van der Waals surface area contributed by atoms with Crippen molar-refractivity contribution in [1.29, 1.82) is 0 Å². The SMILES string of the molecule is CCOC(=O)CC(Cc1cccc(Cl)c1)C[N+](=O)[O-]. The predicted octanol–water partition coefficient (Wildman–Crippen LogP) is 2.73. The molecule has 1 rings (SSSR count). The largest absolute Gasteiger partial charge is 0.466 e. The fourth-order valence-electron chi connectivity index (χ4n) is 1.86. The van der Waals surface area contributed by atoms with Crippen molar-refractivity contribution in [2.75, 3.05) is 13.2 Å². The maximum absolute atomic E-state index is 11.4. The van der Waals surface area contributed by atoms with E-state index in [1.54, 1.807) is 25.1 Å². The molecule has 1 aromatic carbocycles. The van der Waals surface area contributed by atoms with Gasteiger partial charge in [-0.15, -0.1) is 0 Å². The van der Waals surface area contributed by atoms with Gasteiger partial charge in [0.05, 0.1) is 13.0 Å². The Kier molecular flexibility index (Phi) is 6.29. The van der Waals surface area contributed by atoms with Crippen molar-refractivity contribution in [3.8, 4) is 0 Å². The van der Waals surface area contributed by atoms with Crippen LogP contribution in [0.5, 0.6) is 0 Å². The lowest BCUT2D eigenvalue weighted by Crippen LogP contribution is -2.21. The molecule has 104 valence electrons. The third-order valence-corrected chi connectivity index (χ3v) is 2.82. The van der Waals surface area contributed by atoms with Crippen molar-refractivity contribution in [3.63, 3.8) is 0 Å². The first-order valence-electron chi connectivity index (χ1n) is 6.03. The molecular weight excluding hydrogens is 270 g/mol. The van der Waals surface area contributed by atoms with Crippen molar-refractivity contribution in [2.45, 2.75) is 19.8 Å². The molecule has 1 atom stereocenters. The van der Waals surface area contributed by atoms with Crippen molar-refractivity contribution in [3.05, 3.63) is 45.0 Å². The van der Waals surface area contributed by atoms with E-state index in [4.69, 9.17) is 16.3 Å². The average molecular weight is 286 g/mol. The van der Waals surface area contributed by atoms with E-state index in [9.17, 15) is 14.9 Å². The van der Waals surface area contributed by atoms with Gasteiger partial charge in [0.15, 0.2) is 0 Å². The molecule has 0 aliphatic carbocycles. The smallest absolute Gasteiger partial charge is 0.306 e. The van der Waals surface area contributed by atoms with Crippen LogP contribution in [0.1, 0.15) is 18.9 Å². The van der Waals surface area contributed by atoms with Gasteiger partial charge in [-0.1, -0.05) is 23.7 Å². The molecule has 0 saturated carbocycles. The van der Waals surface area contributed by atoms with E-state index in [0.717, 1.165) is 5.56 Å². The lowest BCUT2D eigenvalue weighted by molar-refractivity contribution is -0.488. The molecule has 19 heavy (non-hydrogen) atoms. The summed E-state index contributed by atoms with van der Waals surface area (Å²) in [6, 6.07) is 7.10. The molecule has 0 aliphatic rings. The zero-order valence-corrected chi connectivity index (χ0v) is 11.4. The number of carbonyl (C=O) groups excluding carboxylic acids is 1. The lowest BCUT2D eigenvalue weighted by Gasteiger charge is -2.12. The van der Waals surface area contributed by atoms with E-state index in [-0.39, 0.29) is 25.5 Å². The van der Waals surface area contributed by atoms with Crippen LogP contribution in [0.25, 0.3) is 0 Å². The van der Waals surface area contributed by atoms with Gasteiger partial charge in [0.2, 0.25) is 6.54 Å². The van der Waals surface area contributed by atoms with Gasteiger partial charge in [0.1, 0.15) is 0 Å². The first-order chi connectivity index (χ1) is 9.01. The Morgan fingerprint density at radius 1 is 1.53 bits per heavy atom. The Morgan fingerprint density at radius 2 is 2.26 bits per heavy atom. The van der Waals surface area contributed by atoms with Gasteiger partial charge in [-0.25, -0.2) is 0 Å². The van der Waals surface area contributed by atoms with Gasteiger partial charge in [0.25, 0.3) is 0 Å². The van der Waals surface area contributed by atoms with Gasteiger partial charge in [0, 0.05) is 15.9 Å². The molecule has 0 amide bonds. The lowest BCUT2D eigenvalue weighted by atomic mass is 9.96. The van der Waals surface area contributed by atoms with E-state index >= 15 is 0 Å². The van der Waals surface area contributed by atoms with Crippen LogP contribution in [0.2, 0.25) is 5.02 Å². The first-order valence-corrected chi connectivity index (χ1v) is 6.41. The summed E-state index contributed by atoms with van der Waals surface area (Å²) in [4.78, 5) is 21.6. The number of esters is 1. The number of nitrogens with zero attached hydrogens (tertiary/aromatic N) is 1. The molecule has 0 fully saturated rings. The number of ether oxygens (including phenoxy) is 1. The molecular formula is C13H16ClNO4. The highest BCUT2D eigenvalue weighted by Crippen LogP contribution is 2.17. The van der Waals surface area contributed by atoms with Crippen molar-refractivity contribution in [2.24, 2.45) is 5.92 Å². The van der Waals surface area contributed by atoms with Crippen LogP contribution in [-0.2, 0) is 16.0 Å². The van der Waals surface area contributed by atoms with Crippen LogP contribution < -0.4 is 0 Å². The molecule has 6 heteroatoms. The van der Waals surface area contributed by atoms with Crippen molar-refractivity contribution < 1.29 is 14.5 Å². The summed E-state index contributed by atoms with van der Waals surface area (Å²) in [5.74, 6) is -0.788. The van der Waals surface area contributed by atoms with Crippen LogP contribution in [0.3, 0.4) is 0 Å². The number of hydrogen-bond donors (Lipinski definition) is 0. The number of hydrogen-bond acceptors (Lipinski definition) is 4. The molecule has 0 aliphatic heterocycles. The molecule has 0 radical (unpaired) electrons. The minimum absolute atomic E-state index is 0.0430. The zero-order chi connectivity index (χ0) is 14.3. The van der Waals surface area contributed by atoms with E-state index < -0.39 is 10.9 Å². The number of nitro groups is 1. The summed E-state index contributed by atoms with van der Waals surface area (Å²) in [6.45, 7) is 1.73. The van der Waals surface area contributed by atoms with Gasteiger partial charge in [-0.05, 0) is 31.0 Å². The summed E-state index contributed by atoms with van der Waals surface area (Å²) in [5.41, 5.74) is 0.878. The van der Waals surface area contributed by atoms with Crippen LogP contribution in [0.4, 0.5) is 0 Å². The summed E-state index contributed by atoms with van der Waals surface area (Å²) in [5, 5.41) is 11.2. The second-order valence-electron chi connectivity index (χ2n) is 4.22. The molecule has 0 heterocycles. The predicted molar refractivity (Wildman–Crippen MR) is 71.8 cm³/mol. The molecule has 5 nitrogen and oxygen atoms in total. The summed E-state index contributed by atoms with van der Waals surface area (Å²) in [6.07, 6.45) is 0.474. The van der Waals surface area contributed by atoms with E-state index in [0.29, 0.717) is 11.4 Å². The van der Waals surface area contributed by atoms with E-state index in [1.165, 1.54) is 0 Å². The van der Waals surface area contributed by atoms with E-state index in [1.807, 2.05) is 6.07 Å². The average Bonchev–Trinajstić information content (AvgIpc) is 2.27. The number of halogens is 1. The third-order valence-electron chi connectivity index (χ3n) is 2.58. The Labute approximate surface area is 116 Å². The minimum atomic E-state index is -0.408. The van der Waals surface area contributed by atoms with E-state index in [2.05, 4.69) is 0 Å². The molecule has 0 aromatic heterocycles. The van der Waals surface area contributed by atoms with Crippen molar-refractivity contribution in [1.82, 2.24) is 0 Å². The van der Waals surface area contributed by atoms with Crippen molar-refractivity contribution >= 4 is 17.6 Å². The first kappa shape index (κ1) is 15.4. The zero-order valence-electron chi connectivity index (χ0n) is 10.7. The fraction of sp³-hybridized carbons (Fsp3) is 0.462. The third kappa shape index (κ3) is 6.20. The molecule has 1 unspecified atom stereocenters. The normalized spacial score (nSPS) is 11.9. The second kappa shape index (κ2) is 7.74. The molecule has 0 bridgehead atoms. The topological polar surface area (TPSA) is 69.4 Å². The monoisotopic (exact) mass is 285 g/mol. The maximum atomic E-state index is 11.4. The fourth-order valence-corrected chi connectivity index (χ4v) is 2.08. The molecule has 0 spiro atoms. The Bertz CT molecular complexity index is 450. The highest BCUT2D eigenvalue weighted by atomic mass is 35.5. The van der Waals surface area contributed by atoms with Crippen LogP contribution >= 0.6 is 11.6 Å². The standard InChI is InChI=1S/C13H16ClNO4/c1-2-19-13(16)8-11(9-15(17)18)6-10-4-3-5-12(14)7-10/h3-5,7,11H,2,6,8-9H2,1H3. The molecule has 0 saturated heterocycles. The highest BCUT2D eigenvalue weighted by molar-refractivity contribution is 6.30. The summed E-state index contributed by atoms with van der Waals surface area (Å²) >= 11 is 5.86. The van der Waals surface area contributed by atoms with Gasteiger partial charge >= 0.3 is 5.97 Å². The number of benzene rings is 1. The highest BCUT2D eigenvalue weighted by Gasteiger charge is 2.20. The number of rotatable bonds is 7. The number of carbonyl (C=O) groups is 1. The minimum Gasteiger partial charge on any atom is -0.466 e.